The molecule has 0 saturated heterocycles. The third-order valence-corrected chi connectivity index (χ3v) is 3.62. The number of benzene rings is 2. The minimum absolute atomic E-state index is 0.146. The van der Waals surface area contributed by atoms with Crippen molar-refractivity contribution in [2.45, 2.75) is 0 Å². The summed E-state index contributed by atoms with van der Waals surface area (Å²) in [6.07, 6.45) is 1.65. The molecule has 0 amide bonds. The molecule has 0 atom stereocenters. The molecule has 0 bridgehead atoms. The highest BCUT2D eigenvalue weighted by molar-refractivity contribution is 6.36. The van der Waals surface area contributed by atoms with Gasteiger partial charge in [0.2, 0.25) is 0 Å². The van der Waals surface area contributed by atoms with Gasteiger partial charge in [0.25, 0.3) is 0 Å². The summed E-state index contributed by atoms with van der Waals surface area (Å²) >= 11 is 12.0. The van der Waals surface area contributed by atoms with Gasteiger partial charge in [-0.1, -0.05) is 35.3 Å². The van der Waals surface area contributed by atoms with E-state index in [4.69, 9.17) is 28.9 Å². The van der Waals surface area contributed by atoms with Crippen molar-refractivity contribution in [3.8, 4) is 0 Å². The molecule has 0 aliphatic carbocycles. The van der Waals surface area contributed by atoms with Crippen molar-refractivity contribution >= 4 is 45.6 Å². The molecular formula is C15H10Cl2N2O. The van der Waals surface area contributed by atoms with Gasteiger partial charge in [0, 0.05) is 33.4 Å². The predicted molar refractivity (Wildman–Crippen MR) is 82.6 cm³/mol. The Hall–Kier alpha value is -1.97. The smallest absolute Gasteiger partial charge is 0.195 e. The van der Waals surface area contributed by atoms with Gasteiger partial charge < -0.3 is 10.7 Å². The van der Waals surface area contributed by atoms with Gasteiger partial charge in [-0.2, -0.15) is 0 Å². The van der Waals surface area contributed by atoms with Gasteiger partial charge in [-0.05, 0) is 24.3 Å². The van der Waals surface area contributed by atoms with Crippen LogP contribution in [0.4, 0.5) is 5.69 Å². The lowest BCUT2D eigenvalue weighted by Crippen LogP contribution is -2.01. The van der Waals surface area contributed by atoms with Crippen molar-refractivity contribution in [1.82, 2.24) is 4.98 Å². The van der Waals surface area contributed by atoms with E-state index in [1.807, 2.05) is 12.1 Å². The maximum Gasteiger partial charge on any atom is 0.195 e. The SMILES string of the molecule is Nc1cc(Cl)cc(C(=O)c2c[nH]c3c(Cl)cccc23)c1. The van der Waals surface area contributed by atoms with E-state index in [-0.39, 0.29) is 5.78 Å². The second kappa shape index (κ2) is 4.85. The quantitative estimate of drug-likeness (QED) is 0.548. The first-order valence-corrected chi connectivity index (χ1v) is 6.68. The summed E-state index contributed by atoms with van der Waals surface area (Å²) in [7, 11) is 0. The van der Waals surface area contributed by atoms with Crippen molar-refractivity contribution in [3.63, 3.8) is 0 Å². The summed E-state index contributed by atoms with van der Waals surface area (Å²) < 4.78 is 0. The van der Waals surface area contributed by atoms with Crippen LogP contribution >= 0.6 is 23.2 Å². The average molecular weight is 305 g/mol. The molecule has 20 heavy (non-hydrogen) atoms. The third kappa shape index (κ3) is 2.15. The lowest BCUT2D eigenvalue weighted by atomic mass is 10.0. The molecule has 3 nitrogen and oxygen atoms in total. The number of aromatic nitrogens is 1. The number of para-hydroxylation sites is 1. The largest absolute Gasteiger partial charge is 0.399 e. The number of carbonyl (C=O) groups excluding carboxylic acids is 1. The zero-order chi connectivity index (χ0) is 14.3. The monoisotopic (exact) mass is 304 g/mol. The Bertz CT molecular complexity index is 804. The average Bonchev–Trinajstić information content (AvgIpc) is 2.82. The van der Waals surface area contributed by atoms with Crippen LogP contribution in [0.3, 0.4) is 0 Å². The van der Waals surface area contributed by atoms with Gasteiger partial charge in [-0.25, -0.2) is 0 Å². The standard InChI is InChI=1S/C15H10Cl2N2O/c16-9-4-8(5-10(18)6-9)15(20)12-7-19-14-11(12)2-1-3-13(14)17/h1-7,19H,18H2. The molecule has 0 saturated carbocycles. The fourth-order valence-electron chi connectivity index (χ4n) is 2.20. The number of anilines is 1. The third-order valence-electron chi connectivity index (χ3n) is 3.09. The van der Waals surface area contributed by atoms with Gasteiger partial charge in [0.1, 0.15) is 0 Å². The van der Waals surface area contributed by atoms with Crippen LogP contribution in [-0.2, 0) is 0 Å². The second-order valence-corrected chi connectivity index (χ2v) is 5.31. The number of hydrogen-bond acceptors (Lipinski definition) is 2. The number of aromatic amines is 1. The van der Waals surface area contributed by atoms with Gasteiger partial charge in [-0.3, -0.25) is 4.79 Å². The summed E-state index contributed by atoms with van der Waals surface area (Å²) in [5.74, 6) is -0.146. The fraction of sp³-hybridized carbons (Fsp3) is 0. The number of hydrogen-bond donors (Lipinski definition) is 2. The first-order chi connectivity index (χ1) is 9.56. The zero-order valence-electron chi connectivity index (χ0n) is 10.3. The first-order valence-electron chi connectivity index (χ1n) is 5.92. The van der Waals surface area contributed by atoms with Crippen molar-refractivity contribution in [2.24, 2.45) is 0 Å². The molecule has 3 aromatic rings. The number of ketones is 1. The topological polar surface area (TPSA) is 58.9 Å². The molecule has 0 unspecified atom stereocenters. The number of rotatable bonds is 2. The van der Waals surface area contributed by atoms with Crippen LogP contribution < -0.4 is 5.73 Å². The summed E-state index contributed by atoms with van der Waals surface area (Å²) in [4.78, 5) is 15.6. The summed E-state index contributed by atoms with van der Waals surface area (Å²) in [5, 5.41) is 1.79. The first kappa shape index (κ1) is 13.0. The molecule has 5 heteroatoms. The van der Waals surface area contributed by atoms with Gasteiger partial charge >= 0.3 is 0 Å². The highest BCUT2D eigenvalue weighted by Crippen LogP contribution is 2.27. The van der Waals surface area contributed by atoms with E-state index in [0.717, 1.165) is 10.9 Å². The van der Waals surface area contributed by atoms with E-state index in [9.17, 15) is 4.79 Å². The molecular weight excluding hydrogens is 295 g/mol. The lowest BCUT2D eigenvalue weighted by Gasteiger charge is -2.03. The maximum absolute atomic E-state index is 12.6. The van der Waals surface area contributed by atoms with Crippen LogP contribution in [0.1, 0.15) is 15.9 Å². The molecule has 0 aliphatic heterocycles. The van der Waals surface area contributed by atoms with Crippen molar-refractivity contribution in [3.05, 3.63) is 63.8 Å². The number of nitrogen functional groups attached to an aromatic ring is 1. The Morgan fingerprint density at radius 2 is 1.95 bits per heavy atom. The number of nitrogens with two attached hydrogens (primary N) is 1. The molecule has 1 aromatic heterocycles. The summed E-state index contributed by atoms with van der Waals surface area (Å²) in [5.41, 5.74) is 7.92. The Labute approximate surface area is 125 Å². The summed E-state index contributed by atoms with van der Waals surface area (Å²) in [6, 6.07) is 10.2. The van der Waals surface area contributed by atoms with Gasteiger partial charge in [-0.15, -0.1) is 0 Å². The molecule has 0 fully saturated rings. The van der Waals surface area contributed by atoms with Crippen LogP contribution in [0.5, 0.6) is 0 Å². The van der Waals surface area contributed by atoms with E-state index in [1.54, 1.807) is 30.5 Å². The number of halogens is 2. The Kier molecular flexibility index (Phi) is 3.16. The molecule has 3 rings (SSSR count). The number of carbonyl (C=O) groups is 1. The van der Waals surface area contributed by atoms with Crippen molar-refractivity contribution in [1.29, 1.82) is 0 Å². The van der Waals surface area contributed by atoms with E-state index in [0.29, 0.717) is 26.9 Å². The highest BCUT2D eigenvalue weighted by atomic mass is 35.5. The van der Waals surface area contributed by atoms with Crippen molar-refractivity contribution < 1.29 is 4.79 Å². The van der Waals surface area contributed by atoms with E-state index in [2.05, 4.69) is 4.98 Å². The Balaban J connectivity index is 2.15. The minimum Gasteiger partial charge on any atom is -0.399 e. The van der Waals surface area contributed by atoms with Crippen LogP contribution in [-0.4, -0.2) is 10.8 Å². The number of nitrogens with one attached hydrogen (secondary N) is 1. The normalized spacial score (nSPS) is 10.9. The van der Waals surface area contributed by atoms with Gasteiger partial charge in [0.15, 0.2) is 5.78 Å². The molecule has 0 spiro atoms. The van der Waals surface area contributed by atoms with Gasteiger partial charge in [0.05, 0.1) is 10.5 Å². The fourth-order valence-corrected chi connectivity index (χ4v) is 2.68. The van der Waals surface area contributed by atoms with E-state index >= 15 is 0 Å². The van der Waals surface area contributed by atoms with Crippen LogP contribution in [0.15, 0.2) is 42.6 Å². The number of H-pyrrole nitrogens is 1. The van der Waals surface area contributed by atoms with Crippen LogP contribution in [0.2, 0.25) is 10.0 Å². The highest BCUT2D eigenvalue weighted by Gasteiger charge is 2.16. The van der Waals surface area contributed by atoms with E-state index < -0.39 is 0 Å². The Morgan fingerprint density at radius 1 is 1.15 bits per heavy atom. The molecule has 3 N–H and O–H groups in total. The molecule has 2 aromatic carbocycles. The maximum atomic E-state index is 12.6. The predicted octanol–water partition coefficient (Wildman–Crippen LogP) is 4.29. The lowest BCUT2D eigenvalue weighted by molar-refractivity contribution is 0.104. The zero-order valence-corrected chi connectivity index (χ0v) is 11.8. The van der Waals surface area contributed by atoms with Crippen molar-refractivity contribution in [2.75, 3.05) is 5.73 Å². The molecule has 100 valence electrons. The molecule has 1 heterocycles. The number of fused-ring (bicyclic) bond motifs is 1. The summed E-state index contributed by atoms with van der Waals surface area (Å²) in [6.45, 7) is 0. The second-order valence-electron chi connectivity index (χ2n) is 4.47. The Morgan fingerprint density at radius 3 is 2.70 bits per heavy atom. The van der Waals surface area contributed by atoms with E-state index in [1.165, 1.54) is 0 Å². The molecule has 0 aliphatic rings. The van der Waals surface area contributed by atoms with Crippen LogP contribution in [0, 0.1) is 0 Å². The molecule has 0 radical (unpaired) electrons. The minimum atomic E-state index is -0.146. The van der Waals surface area contributed by atoms with Crippen LogP contribution in [0.25, 0.3) is 10.9 Å².